The third-order valence-electron chi connectivity index (χ3n) is 3.41. The van der Waals surface area contributed by atoms with Crippen LogP contribution in [0.1, 0.15) is 24.8 Å². The van der Waals surface area contributed by atoms with Crippen molar-refractivity contribution < 1.29 is 13.5 Å². The lowest BCUT2D eigenvalue weighted by Crippen LogP contribution is -2.41. The van der Waals surface area contributed by atoms with Crippen molar-refractivity contribution in [3.05, 3.63) is 29.8 Å². The van der Waals surface area contributed by atoms with E-state index in [9.17, 15) is 8.42 Å². The number of benzene rings is 1. The maximum Gasteiger partial charge on any atom is 0.243 e. The first kappa shape index (κ1) is 14.1. The Balaban J connectivity index is 2.29. The average Bonchev–Trinajstić information content (AvgIpc) is 2.34. The number of sulfonamides is 1. The molecule has 0 heterocycles. The minimum Gasteiger partial charge on any atom is -0.384 e. The maximum absolute atomic E-state index is 12.4. The van der Waals surface area contributed by atoms with Crippen LogP contribution in [0.2, 0.25) is 0 Å². The van der Waals surface area contributed by atoms with Gasteiger partial charge in [-0.3, -0.25) is 0 Å². The molecule has 19 heavy (non-hydrogen) atoms. The molecule has 0 aliphatic heterocycles. The topological polar surface area (TPSA) is 57.6 Å². The summed E-state index contributed by atoms with van der Waals surface area (Å²) in [6.45, 7) is -0.237. The molecule has 0 spiro atoms. The lowest BCUT2D eigenvalue weighted by atomic mass is 9.94. The fourth-order valence-electron chi connectivity index (χ4n) is 1.99. The summed E-state index contributed by atoms with van der Waals surface area (Å²) in [5, 5.41) is 8.66. The summed E-state index contributed by atoms with van der Waals surface area (Å²) in [4.78, 5) is 0.256. The van der Waals surface area contributed by atoms with Gasteiger partial charge in [0, 0.05) is 18.7 Å². The molecule has 5 heteroatoms. The van der Waals surface area contributed by atoms with Crippen LogP contribution in [0.15, 0.2) is 29.2 Å². The number of aliphatic hydroxyl groups is 1. The highest BCUT2D eigenvalue weighted by Gasteiger charge is 2.31. The lowest BCUT2D eigenvalue weighted by molar-refractivity contribution is 0.249. The molecule has 102 valence electrons. The van der Waals surface area contributed by atoms with Crippen molar-refractivity contribution in [3.63, 3.8) is 0 Å². The van der Waals surface area contributed by atoms with E-state index in [1.54, 1.807) is 31.3 Å². The third-order valence-corrected chi connectivity index (χ3v) is 5.32. The quantitative estimate of drug-likeness (QED) is 0.846. The molecular formula is C14H17NO3S. The van der Waals surface area contributed by atoms with Crippen LogP contribution in [0.5, 0.6) is 0 Å². The second kappa shape index (κ2) is 5.74. The van der Waals surface area contributed by atoms with Gasteiger partial charge in [-0.25, -0.2) is 8.42 Å². The highest BCUT2D eigenvalue weighted by molar-refractivity contribution is 7.89. The molecule has 0 bridgehead atoms. The molecule has 0 unspecified atom stereocenters. The van der Waals surface area contributed by atoms with E-state index < -0.39 is 10.0 Å². The van der Waals surface area contributed by atoms with Gasteiger partial charge >= 0.3 is 0 Å². The predicted octanol–water partition coefficient (Wildman–Crippen LogP) is 1.20. The predicted molar refractivity (Wildman–Crippen MR) is 73.0 cm³/mol. The number of hydrogen-bond acceptors (Lipinski definition) is 3. The molecule has 0 radical (unpaired) electrons. The second-order valence-corrected chi connectivity index (χ2v) is 6.59. The molecule has 1 aromatic carbocycles. The van der Waals surface area contributed by atoms with E-state index in [0.29, 0.717) is 5.56 Å². The minimum atomic E-state index is -3.44. The van der Waals surface area contributed by atoms with Crippen molar-refractivity contribution in [1.29, 1.82) is 0 Å². The zero-order chi connectivity index (χ0) is 13.9. The number of nitrogens with zero attached hydrogens (tertiary/aromatic N) is 1. The maximum atomic E-state index is 12.4. The van der Waals surface area contributed by atoms with Gasteiger partial charge < -0.3 is 5.11 Å². The molecule has 2 rings (SSSR count). The highest BCUT2D eigenvalue weighted by Crippen LogP contribution is 2.28. The van der Waals surface area contributed by atoms with Crippen LogP contribution in [0.3, 0.4) is 0 Å². The van der Waals surface area contributed by atoms with Crippen molar-refractivity contribution in [2.45, 2.75) is 30.2 Å². The number of hydrogen-bond donors (Lipinski definition) is 1. The molecule has 1 aliphatic carbocycles. The standard InChI is InChI=1S/C14H17NO3S/c1-15(13-7-3-8-13)19(17,18)14-9-2-5-12(11-14)6-4-10-16/h2,5,9,11,13,16H,3,7-8,10H2,1H3. The summed E-state index contributed by atoms with van der Waals surface area (Å²) in [5.74, 6) is 5.23. The molecule has 0 atom stereocenters. The van der Waals surface area contributed by atoms with Crippen LogP contribution in [-0.4, -0.2) is 37.5 Å². The molecule has 1 N–H and O–H groups in total. The highest BCUT2D eigenvalue weighted by atomic mass is 32.2. The van der Waals surface area contributed by atoms with Gasteiger partial charge in [0.05, 0.1) is 4.90 Å². The van der Waals surface area contributed by atoms with Gasteiger partial charge in [0.2, 0.25) is 10.0 Å². The molecule has 0 amide bonds. The fraction of sp³-hybridized carbons (Fsp3) is 0.429. The molecule has 1 aliphatic rings. The summed E-state index contributed by atoms with van der Waals surface area (Å²) in [5.41, 5.74) is 0.595. The Kier molecular flexibility index (Phi) is 4.25. The molecule has 0 saturated heterocycles. The zero-order valence-electron chi connectivity index (χ0n) is 10.8. The first-order chi connectivity index (χ1) is 9.05. The van der Waals surface area contributed by atoms with Crippen LogP contribution < -0.4 is 0 Å². The minimum absolute atomic E-state index is 0.122. The van der Waals surface area contributed by atoms with E-state index in [2.05, 4.69) is 11.8 Å². The monoisotopic (exact) mass is 279 g/mol. The van der Waals surface area contributed by atoms with Crippen LogP contribution in [0, 0.1) is 11.8 Å². The SMILES string of the molecule is CN(C1CCC1)S(=O)(=O)c1cccc(C#CCO)c1. The third kappa shape index (κ3) is 2.98. The van der Waals surface area contributed by atoms with Crippen molar-refractivity contribution >= 4 is 10.0 Å². The van der Waals surface area contributed by atoms with Gasteiger partial charge in [-0.1, -0.05) is 24.3 Å². The summed E-state index contributed by atoms with van der Waals surface area (Å²) in [7, 11) is -1.81. The van der Waals surface area contributed by atoms with E-state index in [1.807, 2.05) is 0 Å². The van der Waals surface area contributed by atoms with Crippen LogP contribution in [0.25, 0.3) is 0 Å². The van der Waals surface area contributed by atoms with E-state index in [0.717, 1.165) is 19.3 Å². The molecule has 1 aromatic rings. The first-order valence-corrected chi connectivity index (χ1v) is 7.67. The van der Waals surface area contributed by atoms with E-state index in [4.69, 9.17) is 5.11 Å². The van der Waals surface area contributed by atoms with Gasteiger partial charge in [-0.2, -0.15) is 4.31 Å². The molecular weight excluding hydrogens is 262 g/mol. The van der Waals surface area contributed by atoms with Gasteiger partial charge in [0.1, 0.15) is 6.61 Å². The average molecular weight is 279 g/mol. The smallest absolute Gasteiger partial charge is 0.243 e. The molecule has 1 fully saturated rings. The van der Waals surface area contributed by atoms with Crippen molar-refractivity contribution in [2.24, 2.45) is 0 Å². The Labute approximate surface area is 114 Å². The second-order valence-electron chi connectivity index (χ2n) is 4.59. The zero-order valence-corrected chi connectivity index (χ0v) is 11.7. The number of rotatable bonds is 3. The lowest BCUT2D eigenvalue weighted by Gasteiger charge is -2.33. The van der Waals surface area contributed by atoms with Crippen molar-refractivity contribution in [1.82, 2.24) is 4.31 Å². The number of aliphatic hydroxyl groups excluding tert-OH is 1. The summed E-state index contributed by atoms with van der Waals surface area (Å²) < 4.78 is 26.3. The van der Waals surface area contributed by atoms with Crippen molar-refractivity contribution in [3.8, 4) is 11.8 Å². The normalized spacial score (nSPS) is 15.7. The van der Waals surface area contributed by atoms with Gasteiger partial charge in [0.15, 0.2) is 0 Å². The van der Waals surface area contributed by atoms with Gasteiger partial charge in [-0.05, 0) is 31.0 Å². The Morgan fingerprint density at radius 1 is 1.42 bits per heavy atom. The summed E-state index contributed by atoms with van der Waals surface area (Å²) in [6, 6.07) is 6.65. The van der Waals surface area contributed by atoms with Gasteiger partial charge in [0.25, 0.3) is 0 Å². The Hall–Kier alpha value is -1.35. The summed E-state index contributed by atoms with van der Waals surface area (Å²) in [6.07, 6.45) is 2.95. The van der Waals surface area contributed by atoms with E-state index >= 15 is 0 Å². The Morgan fingerprint density at radius 2 is 2.16 bits per heavy atom. The van der Waals surface area contributed by atoms with Crippen LogP contribution >= 0.6 is 0 Å². The largest absolute Gasteiger partial charge is 0.384 e. The van der Waals surface area contributed by atoms with E-state index in [-0.39, 0.29) is 17.5 Å². The molecule has 4 nitrogen and oxygen atoms in total. The first-order valence-electron chi connectivity index (χ1n) is 6.23. The van der Waals surface area contributed by atoms with E-state index in [1.165, 1.54) is 4.31 Å². The van der Waals surface area contributed by atoms with Crippen LogP contribution in [-0.2, 0) is 10.0 Å². The summed E-state index contributed by atoms with van der Waals surface area (Å²) >= 11 is 0. The Morgan fingerprint density at radius 3 is 2.74 bits per heavy atom. The molecule has 0 aromatic heterocycles. The molecule has 1 saturated carbocycles. The van der Waals surface area contributed by atoms with Crippen molar-refractivity contribution in [2.75, 3.05) is 13.7 Å². The fourth-order valence-corrected chi connectivity index (χ4v) is 3.45. The Bertz CT molecular complexity index is 609. The van der Waals surface area contributed by atoms with Crippen LogP contribution in [0.4, 0.5) is 0 Å². The van der Waals surface area contributed by atoms with Gasteiger partial charge in [-0.15, -0.1) is 0 Å².